The Balaban J connectivity index is 2.32. The van der Waals surface area contributed by atoms with Crippen LogP contribution >= 0.6 is 35.2 Å². The topological polar surface area (TPSA) is 33.6 Å². The van der Waals surface area contributed by atoms with Gasteiger partial charge in [0.05, 0.1) is 15.6 Å². The van der Waals surface area contributed by atoms with Crippen molar-refractivity contribution in [2.45, 2.75) is 6.92 Å². The zero-order chi connectivity index (χ0) is 13.4. The van der Waals surface area contributed by atoms with E-state index in [2.05, 4.69) is 10.2 Å². The van der Waals surface area contributed by atoms with E-state index in [0.29, 0.717) is 9.79 Å². The first-order valence-corrected chi connectivity index (χ1v) is 7.32. The van der Waals surface area contributed by atoms with Crippen LogP contribution in [0.1, 0.15) is 5.56 Å². The minimum atomic E-state index is 0.541. The van der Waals surface area contributed by atoms with Crippen LogP contribution < -0.4 is 0 Å². The van der Waals surface area contributed by atoms with E-state index >= 15 is 0 Å². The smallest absolute Gasteiger partial charge is 0.200 e. The van der Waals surface area contributed by atoms with Gasteiger partial charge in [-0.2, -0.15) is 5.10 Å². The molecule has 3 rings (SSSR count). The van der Waals surface area contributed by atoms with Crippen molar-refractivity contribution >= 4 is 35.2 Å². The van der Waals surface area contributed by atoms with E-state index in [9.17, 15) is 0 Å². The summed E-state index contributed by atoms with van der Waals surface area (Å²) in [7, 11) is 0. The fourth-order valence-corrected chi connectivity index (χ4v) is 3.21. The molecule has 0 spiro atoms. The van der Waals surface area contributed by atoms with Gasteiger partial charge < -0.3 is 0 Å². The number of hydrogen-bond donors (Lipinski definition) is 1. The highest BCUT2D eigenvalue weighted by molar-refractivity contribution is 7.71. The molecule has 96 valence electrons. The van der Waals surface area contributed by atoms with Crippen LogP contribution in [0.5, 0.6) is 0 Å². The lowest BCUT2D eigenvalue weighted by molar-refractivity contribution is 1.02. The molecule has 3 nitrogen and oxygen atoms in total. The molecule has 0 saturated carbocycles. The van der Waals surface area contributed by atoms with Gasteiger partial charge in [-0.1, -0.05) is 29.8 Å². The molecule has 2 heterocycles. The fourth-order valence-electron chi connectivity index (χ4n) is 1.98. The summed E-state index contributed by atoms with van der Waals surface area (Å²) in [5, 5.41) is 9.83. The van der Waals surface area contributed by atoms with Crippen LogP contribution in [0, 0.1) is 11.7 Å². The standard InChI is InChI=1S/C13H10ClN3S2/c1-8-4-2-5-9(14)11(8)17-12(15-16-13(17)18)10-6-3-7-19-10/h2-7H,1H3,(H,16,18). The van der Waals surface area contributed by atoms with Crippen LogP contribution in [-0.2, 0) is 0 Å². The van der Waals surface area contributed by atoms with Gasteiger partial charge in [-0.05, 0) is 42.2 Å². The lowest BCUT2D eigenvalue weighted by Gasteiger charge is -2.10. The molecule has 0 saturated heterocycles. The molecule has 1 N–H and O–H groups in total. The monoisotopic (exact) mass is 307 g/mol. The van der Waals surface area contributed by atoms with E-state index in [1.54, 1.807) is 11.3 Å². The molecule has 0 fully saturated rings. The largest absolute Gasteiger partial charge is 0.266 e. The van der Waals surface area contributed by atoms with Gasteiger partial charge in [0.25, 0.3) is 0 Å². The van der Waals surface area contributed by atoms with Crippen LogP contribution in [0.4, 0.5) is 0 Å². The quantitative estimate of drug-likeness (QED) is 0.701. The minimum Gasteiger partial charge on any atom is -0.266 e. The van der Waals surface area contributed by atoms with Crippen LogP contribution in [0.3, 0.4) is 0 Å². The average Bonchev–Trinajstić information content (AvgIpc) is 2.99. The third kappa shape index (κ3) is 2.14. The molecule has 0 aliphatic carbocycles. The molecular formula is C13H10ClN3S2. The Hall–Kier alpha value is -1.43. The molecule has 0 radical (unpaired) electrons. The summed E-state index contributed by atoms with van der Waals surface area (Å²) in [4.78, 5) is 1.05. The van der Waals surface area contributed by atoms with E-state index < -0.39 is 0 Å². The third-order valence-corrected chi connectivity index (χ3v) is 4.27. The predicted octanol–water partition coefficient (Wildman–Crippen LogP) is 4.62. The van der Waals surface area contributed by atoms with E-state index in [1.165, 1.54) is 0 Å². The van der Waals surface area contributed by atoms with Gasteiger partial charge in [0.1, 0.15) is 0 Å². The SMILES string of the molecule is Cc1cccc(Cl)c1-n1c(-c2cccs2)n[nH]c1=S. The summed E-state index contributed by atoms with van der Waals surface area (Å²) < 4.78 is 2.43. The van der Waals surface area contributed by atoms with Crippen LogP contribution in [0.15, 0.2) is 35.7 Å². The molecule has 19 heavy (non-hydrogen) atoms. The van der Waals surface area contributed by atoms with Gasteiger partial charge in [0.2, 0.25) is 0 Å². The maximum absolute atomic E-state index is 6.32. The van der Waals surface area contributed by atoms with E-state index in [0.717, 1.165) is 22.0 Å². The normalized spacial score (nSPS) is 10.8. The first-order valence-electron chi connectivity index (χ1n) is 5.65. The van der Waals surface area contributed by atoms with Crippen LogP contribution in [0.25, 0.3) is 16.4 Å². The van der Waals surface area contributed by atoms with E-state index in [-0.39, 0.29) is 0 Å². The number of halogens is 1. The van der Waals surface area contributed by atoms with Crippen molar-refractivity contribution in [1.82, 2.24) is 14.8 Å². The van der Waals surface area contributed by atoms with Crippen molar-refractivity contribution < 1.29 is 0 Å². The fraction of sp³-hybridized carbons (Fsp3) is 0.0769. The molecular weight excluding hydrogens is 298 g/mol. The number of benzene rings is 1. The van der Waals surface area contributed by atoms with E-state index in [1.807, 2.05) is 47.2 Å². The van der Waals surface area contributed by atoms with Gasteiger partial charge in [-0.3, -0.25) is 9.67 Å². The van der Waals surface area contributed by atoms with Crippen molar-refractivity contribution in [3.63, 3.8) is 0 Å². The maximum Gasteiger partial charge on any atom is 0.200 e. The number of hydrogen-bond acceptors (Lipinski definition) is 3. The minimum absolute atomic E-state index is 0.541. The van der Waals surface area contributed by atoms with Gasteiger partial charge >= 0.3 is 0 Å². The van der Waals surface area contributed by atoms with Crippen molar-refractivity contribution in [3.8, 4) is 16.4 Å². The number of thiophene rings is 1. The highest BCUT2D eigenvalue weighted by Gasteiger charge is 2.15. The molecule has 3 aromatic rings. The maximum atomic E-state index is 6.32. The number of aromatic amines is 1. The third-order valence-electron chi connectivity index (χ3n) is 2.83. The molecule has 0 bridgehead atoms. The van der Waals surface area contributed by atoms with Gasteiger partial charge in [0, 0.05) is 0 Å². The van der Waals surface area contributed by atoms with Crippen LogP contribution in [0.2, 0.25) is 5.02 Å². The van der Waals surface area contributed by atoms with Crippen molar-refractivity contribution in [2.75, 3.05) is 0 Å². The Morgan fingerprint density at radius 3 is 2.84 bits per heavy atom. The second kappa shape index (κ2) is 4.92. The van der Waals surface area contributed by atoms with Crippen molar-refractivity contribution in [3.05, 3.63) is 51.1 Å². The van der Waals surface area contributed by atoms with Gasteiger partial charge in [0.15, 0.2) is 10.6 Å². The Labute approximate surface area is 124 Å². The molecule has 0 atom stereocenters. The molecule has 2 aromatic heterocycles. The lowest BCUT2D eigenvalue weighted by atomic mass is 10.2. The lowest BCUT2D eigenvalue weighted by Crippen LogP contribution is -2.00. The molecule has 0 aliphatic heterocycles. The van der Waals surface area contributed by atoms with Crippen LogP contribution in [-0.4, -0.2) is 14.8 Å². The number of nitrogens with zero attached hydrogens (tertiary/aromatic N) is 2. The molecule has 0 unspecified atom stereocenters. The Bertz CT molecular complexity index is 751. The highest BCUT2D eigenvalue weighted by atomic mass is 35.5. The number of aryl methyl sites for hydroxylation is 1. The first kappa shape index (κ1) is 12.6. The Morgan fingerprint density at radius 2 is 2.16 bits per heavy atom. The molecule has 6 heteroatoms. The zero-order valence-electron chi connectivity index (χ0n) is 10.1. The van der Waals surface area contributed by atoms with Gasteiger partial charge in [-0.15, -0.1) is 11.3 Å². The van der Waals surface area contributed by atoms with Crippen molar-refractivity contribution in [1.29, 1.82) is 0 Å². The number of rotatable bonds is 2. The molecule has 0 amide bonds. The highest BCUT2D eigenvalue weighted by Crippen LogP contribution is 2.30. The Kier molecular flexibility index (Phi) is 3.26. The Morgan fingerprint density at radius 1 is 1.32 bits per heavy atom. The number of H-pyrrole nitrogens is 1. The molecule has 0 aliphatic rings. The number of para-hydroxylation sites is 1. The molecule has 1 aromatic carbocycles. The van der Waals surface area contributed by atoms with Crippen molar-refractivity contribution in [2.24, 2.45) is 0 Å². The zero-order valence-corrected chi connectivity index (χ0v) is 12.4. The van der Waals surface area contributed by atoms with Gasteiger partial charge in [-0.25, -0.2) is 0 Å². The number of aromatic nitrogens is 3. The second-order valence-electron chi connectivity index (χ2n) is 4.07. The number of nitrogens with one attached hydrogen (secondary N) is 1. The summed E-state index contributed by atoms with van der Waals surface area (Å²) >= 11 is 13.3. The summed E-state index contributed by atoms with van der Waals surface area (Å²) in [5.74, 6) is 0.788. The summed E-state index contributed by atoms with van der Waals surface area (Å²) in [6.07, 6.45) is 0. The second-order valence-corrected chi connectivity index (χ2v) is 5.81. The van der Waals surface area contributed by atoms with E-state index in [4.69, 9.17) is 23.8 Å². The summed E-state index contributed by atoms with van der Waals surface area (Å²) in [5.41, 5.74) is 1.94. The predicted molar refractivity (Wildman–Crippen MR) is 81.8 cm³/mol. The average molecular weight is 308 g/mol. The first-order chi connectivity index (χ1) is 9.18. The summed E-state index contributed by atoms with van der Waals surface area (Å²) in [6, 6.07) is 9.79. The summed E-state index contributed by atoms with van der Waals surface area (Å²) in [6.45, 7) is 2.01.